The first kappa shape index (κ1) is 21.4. The Hall–Kier alpha value is -3.49. The molecule has 0 bridgehead atoms. The van der Waals surface area contributed by atoms with E-state index >= 15 is 0 Å². The second-order valence-corrected chi connectivity index (χ2v) is 10.00. The van der Waals surface area contributed by atoms with Crippen LogP contribution in [0.4, 0.5) is 0 Å². The minimum atomic E-state index is -3.84. The van der Waals surface area contributed by atoms with Gasteiger partial charge in [-0.05, 0) is 36.6 Å². The van der Waals surface area contributed by atoms with Crippen LogP contribution >= 0.6 is 0 Å². The molecule has 2 heterocycles. The molecule has 1 aromatic heterocycles. The number of benzene rings is 3. The van der Waals surface area contributed by atoms with Crippen molar-refractivity contribution in [1.82, 2.24) is 19.6 Å². The molecule has 1 amide bonds. The van der Waals surface area contributed by atoms with Crippen LogP contribution in [0.5, 0.6) is 0 Å². The molecule has 4 aromatic rings. The number of H-pyrrole nitrogens is 1. The maximum absolute atomic E-state index is 13.5. The monoisotopic (exact) mass is 460 g/mol. The minimum Gasteiger partial charge on any atom is -0.351 e. The van der Waals surface area contributed by atoms with Crippen molar-refractivity contribution in [2.75, 3.05) is 6.54 Å². The highest BCUT2D eigenvalue weighted by atomic mass is 32.2. The van der Waals surface area contributed by atoms with Crippen LogP contribution in [-0.4, -0.2) is 41.2 Å². The van der Waals surface area contributed by atoms with Crippen molar-refractivity contribution in [3.05, 3.63) is 84.4 Å². The number of sulfonamides is 1. The molecule has 7 nitrogen and oxygen atoms in total. The van der Waals surface area contributed by atoms with Crippen molar-refractivity contribution in [2.24, 2.45) is 0 Å². The number of imidazole rings is 1. The second-order valence-electron chi connectivity index (χ2n) is 8.11. The van der Waals surface area contributed by atoms with E-state index in [2.05, 4.69) is 15.3 Å². The van der Waals surface area contributed by atoms with Crippen LogP contribution in [0.15, 0.2) is 83.8 Å². The predicted octanol–water partition coefficient (Wildman–Crippen LogP) is 3.70. The number of nitrogens with zero attached hydrogens (tertiary/aromatic N) is 2. The van der Waals surface area contributed by atoms with Crippen LogP contribution < -0.4 is 5.32 Å². The Balaban J connectivity index is 1.38. The molecule has 1 atom stereocenters. The topological polar surface area (TPSA) is 95.2 Å². The molecule has 0 aliphatic carbocycles. The van der Waals surface area contributed by atoms with E-state index in [9.17, 15) is 13.2 Å². The molecule has 33 heavy (non-hydrogen) atoms. The lowest BCUT2D eigenvalue weighted by Crippen LogP contribution is -2.45. The number of rotatable bonds is 6. The van der Waals surface area contributed by atoms with Crippen molar-refractivity contribution in [1.29, 1.82) is 0 Å². The van der Waals surface area contributed by atoms with E-state index in [0.29, 0.717) is 42.8 Å². The van der Waals surface area contributed by atoms with Crippen LogP contribution in [0.3, 0.4) is 0 Å². The van der Waals surface area contributed by atoms with Crippen LogP contribution in [0.25, 0.3) is 22.4 Å². The number of aromatic nitrogens is 2. The summed E-state index contributed by atoms with van der Waals surface area (Å²) in [4.78, 5) is 20.8. The zero-order valence-electron chi connectivity index (χ0n) is 17.9. The SMILES string of the molecule is O=C(NCc1ccccc1)[C@@H]1CCCN1S(=O)(=O)c1ccc2nc(-c3ccccc3)[nH]c2c1. The molecule has 8 heteroatoms. The lowest BCUT2D eigenvalue weighted by molar-refractivity contribution is -0.124. The van der Waals surface area contributed by atoms with E-state index in [4.69, 9.17) is 0 Å². The van der Waals surface area contributed by atoms with Crippen molar-refractivity contribution in [3.8, 4) is 11.4 Å². The molecule has 0 saturated carbocycles. The Morgan fingerprint density at radius 3 is 2.52 bits per heavy atom. The highest BCUT2D eigenvalue weighted by Gasteiger charge is 2.39. The molecule has 3 aromatic carbocycles. The Bertz CT molecular complexity index is 1390. The van der Waals surface area contributed by atoms with Crippen LogP contribution in [0.1, 0.15) is 18.4 Å². The molecule has 0 radical (unpaired) electrons. The molecule has 5 rings (SSSR count). The van der Waals surface area contributed by atoms with Gasteiger partial charge < -0.3 is 10.3 Å². The van der Waals surface area contributed by atoms with Gasteiger partial charge in [-0.2, -0.15) is 4.31 Å². The molecule has 1 aliphatic heterocycles. The molecule has 1 aliphatic rings. The van der Waals surface area contributed by atoms with Gasteiger partial charge in [0.2, 0.25) is 15.9 Å². The molecule has 2 N–H and O–H groups in total. The normalized spacial score (nSPS) is 16.8. The maximum Gasteiger partial charge on any atom is 0.243 e. The molecule has 1 saturated heterocycles. The quantitative estimate of drug-likeness (QED) is 0.459. The number of nitrogens with one attached hydrogen (secondary N) is 2. The van der Waals surface area contributed by atoms with E-state index in [0.717, 1.165) is 11.1 Å². The molecular weight excluding hydrogens is 436 g/mol. The van der Waals surface area contributed by atoms with Gasteiger partial charge in [0.15, 0.2) is 0 Å². The summed E-state index contributed by atoms with van der Waals surface area (Å²) in [6.45, 7) is 0.689. The lowest BCUT2D eigenvalue weighted by Gasteiger charge is -2.23. The summed E-state index contributed by atoms with van der Waals surface area (Å²) < 4.78 is 28.2. The number of hydrogen-bond donors (Lipinski definition) is 2. The summed E-state index contributed by atoms with van der Waals surface area (Å²) in [5.74, 6) is 0.411. The van der Waals surface area contributed by atoms with Gasteiger partial charge in [0.1, 0.15) is 11.9 Å². The average Bonchev–Trinajstić information content (AvgIpc) is 3.51. The number of hydrogen-bond acceptors (Lipinski definition) is 4. The Morgan fingerprint density at radius 1 is 1.03 bits per heavy atom. The van der Waals surface area contributed by atoms with Gasteiger partial charge in [0, 0.05) is 18.7 Å². The molecule has 168 valence electrons. The first-order valence-electron chi connectivity index (χ1n) is 10.9. The van der Waals surface area contributed by atoms with Gasteiger partial charge >= 0.3 is 0 Å². The number of fused-ring (bicyclic) bond motifs is 1. The first-order valence-corrected chi connectivity index (χ1v) is 12.3. The molecule has 0 spiro atoms. The zero-order valence-corrected chi connectivity index (χ0v) is 18.8. The Morgan fingerprint density at radius 2 is 1.76 bits per heavy atom. The second kappa shape index (κ2) is 8.80. The van der Waals surface area contributed by atoms with Crippen molar-refractivity contribution >= 4 is 27.0 Å². The third kappa shape index (κ3) is 4.27. The van der Waals surface area contributed by atoms with Crippen LogP contribution in [0.2, 0.25) is 0 Å². The van der Waals surface area contributed by atoms with Crippen molar-refractivity contribution < 1.29 is 13.2 Å². The third-order valence-electron chi connectivity index (χ3n) is 5.92. The molecule has 0 unspecified atom stereocenters. The van der Waals surface area contributed by atoms with Gasteiger partial charge in [0.25, 0.3) is 0 Å². The molecular formula is C25H24N4O3S. The van der Waals surface area contributed by atoms with Crippen LogP contribution in [-0.2, 0) is 21.4 Å². The average molecular weight is 461 g/mol. The van der Waals surface area contributed by atoms with Crippen molar-refractivity contribution in [3.63, 3.8) is 0 Å². The molecule has 1 fully saturated rings. The summed E-state index contributed by atoms with van der Waals surface area (Å²) >= 11 is 0. The fourth-order valence-electron chi connectivity index (χ4n) is 4.21. The van der Waals surface area contributed by atoms with E-state index < -0.39 is 16.1 Å². The lowest BCUT2D eigenvalue weighted by atomic mass is 10.2. The van der Waals surface area contributed by atoms with Gasteiger partial charge in [-0.25, -0.2) is 13.4 Å². The van der Waals surface area contributed by atoms with Gasteiger partial charge in [-0.1, -0.05) is 60.7 Å². The number of aromatic amines is 1. The standard InChI is InChI=1S/C25H24N4O3S/c30-25(26-17-18-8-3-1-4-9-18)23-12-7-15-29(23)33(31,32)20-13-14-21-22(16-20)28-24(27-21)19-10-5-2-6-11-19/h1-6,8-11,13-14,16,23H,7,12,15,17H2,(H,26,30)(H,27,28)/t23-/m0/s1. The highest BCUT2D eigenvalue weighted by molar-refractivity contribution is 7.89. The number of amides is 1. The summed E-state index contributed by atoms with van der Waals surface area (Å²) in [7, 11) is -3.84. The summed E-state index contributed by atoms with van der Waals surface area (Å²) in [5.41, 5.74) is 3.22. The van der Waals surface area contributed by atoms with Crippen molar-refractivity contribution in [2.45, 2.75) is 30.3 Å². The predicted molar refractivity (Wildman–Crippen MR) is 127 cm³/mol. The van der Waals surface area contributed by atoms with E-state index in [1.54, 1.807) is 18.2 Å². The summed E-state index contributed by atoms with van der Waals surface area (Å²) in [6.07, 6.45) is 1.15. The highest BCUT2D eigenvalue weighted by Crippen LogP contribution is 2.29. The van der Waals surface area contributed by atoms with Gasteiger partial charge in [-0.15, -0.1) is 0 Å². The van der Waals surface area contributed by atoms with E-state index in [-0.39, 0.29) is 10.8 Å². The summed E-state index contributed by atoms with van der Waals surface area (Å²) in [6, 6.07) is 23.4. The zero-order chi connectivity index (χ0) is 22.8. The van der Waals surface area contributed by atoms with Gasteiger partial charge in [-0.3, -0.25) is 4.79 Å². The van der Waals surface area contributed by atoms with E-state index in [1.165, 1.54) is 4.31 Å². The van der Waals surface area contributed by atoms with E-state index in [1.807, 2.05) is 60.7 Å². The first-order chi connectivity index (χ1) is 16.0. The smallest absolute Gasteiger partial charge is 0.243 e. The number of carbonyl (C=O) groups excluding carboxylic acids is 1. The fraction of sp³-hybridized carbons (Fsp3) is 0.200. The fourth-order valence-corrected chi connectivity index (χ4v) is 5.89. The van der Waals surface area contributed by atoms with Gasteiger partial charge in [0.05, 0.1) is 15.9 Å². The van der Waals surface area contributed by atoms with Crippen LogP contribution in [0, 0.1) is 0 Å². The summed E-state index contributed by atoms with van der Waals surface area (Å²) in [5, 5.41) is 2.88. The third-order valence-corrected chi connectivity index (χ3v) is 7.83. The largest absolute Gasteiger partial charge is 0.351 e. The maximum atomic E-state index is 13.5. The minimum absolute atomic E-state index is 0.154. The number of carbonyl (C=O) groups is 1. The Kier molecular flexibility index (Phi) is 5.70. The Labute approximate surface area is 192 Å².